The highest BCUT2D eigenvalue weighted by Crippen LogP contribution is 2.30. The standard InChI is InChI=1S/C31H33N7O5S/c1-7-43-31(40)35-30(39)27(15-32)37-36-22-12-20(5)25(21(6)13-22)14-23-16-33-29-28(34-23)26(18(2)3)17-38(29)44(41,42)24-10-8-19(4)9-11-24/h8-13,16-18,36H,7,14H2,1-6H3,(H,35,39,40). The fourth-order valence-corrected chi connectivity index (χ4v) is 5.94. The number of aromatic nitrogens is 3. The maximum Gasteiger partial charge on any atom is 0.414 e. The van der Waals surface area contributed by atoms with E-state index in [0.717, 1.165) is 27.8 Å². The number of alkyl carbamates (subject to hydrolysis) is 1. The molecule has 0 aliphatic rings. The number of aryl methyl sites for hydroxylation is 3. The highest BCUT2D eigenvalue weighted by Gasteiger charge is 2.24. The van der Waals surface area contributed by atoms with E-state index in [-0.39, 0.29) is 23.1 Å². The smallest absolute Gasteiger partial charge is 0.414 e. The van der Waals surface area contributed by atoms with Crippen LogP contribution in [-0.2, 0) is 26.0 Å². The molecule has 13 heteroatoms. The summed E-state index contributed by atoms with van der Waals surface area (Å²) in [4.78, 5) is 33.2. The van der Waals surface area contributed by atoms with Crippen LogP contribution < -0.4 is 10.7 Å². The van der Waals surface area contributed by atoms with Crippen molar-refractivity contribution in [3.63, 3.8) is 0 Å². The highest BCUT2D eigenvalue weighted by molar-refractivity contribution is 7.90. The summed E-state index contributed by atoms with van der Waals surface area (Å²) < 4.78 is 32.9. The van der Waals surface area contributed by atoms with Crippen LogP contribution in [-0.4, -0.2) is 46.7 Å². The molecular formula is C31H33N7O5S. The van der Waals surface area contributed by atoms with Gasteiger partial charge in [0.2, 0.25) is 5.71 Å². The van der Waals surface area contributed by atoms with Crippen molar-refractivity contribution in [2.45, 2.75) is 58.8 Å². The molecule has 0 bridgehead atoms. The second-order valence-electron chi connectivity index (χ2n) is 10.5. The number of rotatable bonds is 9. The summed E-state index contributed by atoms with van der Waals surface area (Å²) >= 11 is 0. The van der Waals surface area contributed by atoms with Crippen LogP contribution in [0.25, 0.3) is 11.2 Å². The van der Waals surface area contributed by atoms with E-state index in [2.05, 4.69) is 20.2 Å². The van der Waals surface area contributed by atoms with Crippen LogP contribution in [0, 0.1) is 32.1 Å². The molecular weight excluding hydrogens is 582 g/mol. The van der Waals surface area contributed by atoms with E-state index in [1.54, 1.807) is 61.8 Å². The first kappa shape index (κ1) is 31.8. The Labute approximate surface area is 255 Å². The number of benzene rings is 2. The third-order valence-electron chi connectivity index (χ3n) is 6.90. The van der Waals surface area contributed by atoms with Gasteiger partial charge in [0.25, 0.3) is 15.9 Å². The Morgan fingerprint density at radius 2 is 1.77 bits per heavy atom. The van der Waals surface area contributed by atoms with Gasteiger partial charge in [0.15, 0.2) is 5.65 Å². The van der Waals surface area contributed by atoms with Gasteiger partial charge in [-0.3, -0.25) is 15.5 Å². The molecule has 0 aliphatic heterocycles. The van der Waals surface area contributed by atoms with Crippen molar-refractivity contribution in [3.8, 4) is 6.07 Å². The predicted octanol–water partition coefficient (Wildman–Crippen LogP) is 4.87. The summed E-state index contributed by atoms with van der Waals surface area (Å²) in [7, 11) is -3.88. The van der Waals surface area contributed by atoms with Crippen LogP contribution in [0.5, 0.6) is 0 Å². The first-order chi connectivity index (χ1) is 20.8. The normalized spacial score (nSPS) is 11.8. The summed E-state index contributed by atoms with van der Waals surface area (Å²) in [6.45, 7) is 11.3. The molecule has 2 amide bonds. The van der Waals surface area contributed by atoms with Gasteiger partial charge in [-0.1, -0.05) is 31.5 Å². The minimum absolute atomic E-state index is 0.00331. The topological polar surface area (TPSA) is 168 Å². The van der Waals surface area contributed by atoms with Crippen LogP contribution >= 0.6 is 0 Å². The van der Waals surface area contributed by atoms with Gasteiger partial charge in [-0.05, 0) is 74.6 Å². The van der Waals surface area contributed by atoms with Crippen molar-refractivity contribution in [2.75, 3.05) is 12.0 Å². The summed E-state index contributed by atoms with van der Waals surface area (Å²) in [5, 5.41) is 15.1. The molecule has 2 aromatic carbocycles. The first-order valence-electron chi connectivity index (χ1n) is 13.9. The maximum atomic E-state index is 13.5. The van der Waals surface area contributed by atoms with Crippen molar-refractivity contribution in [3.05, 3.63) is 82.3 Å². The maximum absolute atomic E-state index is 13.5. The lowest BCUT2D eigenvalue weighted by Crippen LogP contribution is -2.36. The molecule has 0 radical (unpaired) electrons. The van der Waals surface area contributed by atoms with Crippen molar-refractivity contribution in [1.82, 2.24) is 19.3 Å². The number of carbonyl (C=O) groups excluding carboxylic acids is 2. The van der Waals surface area contributed by atoms with Gasteiger partial charge in [-0.25, -0.2) is 27.2 Å². The molecule has 228 valence electrons. The molecule has 0 fully saturated rings. The Bertz CT molecular complexity index is 1900. The average molecular weight is 616 g/mol. The third-order valence-corrected chi connectivity index (χ3v) is 8.57. The van der Waals surface area contributed by atoms with E-state index in [0.29, 0.717) is 23.3 Å². The van der Waals surface area contributed by atoms with Crippen molar-refractivity contribution >= 4 is 44.6 Å². The first-order valence-corrected chi connectivity index (χ1v) is 15.3. The molecule has 0 aliphatic carbocycles. The van der Waals surface area contributed by atoms with E-state index in [9.17, 15) is 23.3 Å². The molecule has 12 nitrogen and oxygen atoms in total. The second-order valence-corrected chi connectivity index (χ2v) is 12.3. The monoisotopic (exact) mass is 615 g/mol. The van der Waals surface area contributed by atoms with E-state index in [1.807, 2.05) is 39.9 Å². The number of ether oxygens (including phenoxy) is 1. The van der Waals surface area contributed by atoms with Gasteiger partial charge in [0.05, 0.1) is 29.1 Å². The van der Waals surface area contributed by atoms with Crippen LogP contribution in [0.15, 0.2) is 58.8 Å². The number of fused-ring (bicyclic) bond motifs is 1. The lowest BCUT2D eigenvalue weighted by molar-refractivity contribution is -0.114. The Kier molecular flexibility index (Phi) is 9.44. The van der Waals surface area contributed by atoms with Gasteiger partial charge in [0, 0.05) is 18.2 Å². The van der Waals surface area contributed by atoms with Gasteiger partial charge in [-0.2, -0.15) is 10.4 Å². The molecule has 2 aromatic heterocycles. The molecule has 0 spiro atoms. The summed E-state index contributed by atoms with van der Waals surface area (Å²) in [5.74, 6) is -0.984. The number of nitriles is 1. The minimum atomic E-state index is -3.88. The third kappa shape index (κ3) is 6.76. The Morgan fingerprint density at radius 1 is 1.11 bits per heavy atom. The number of amides is 2. The Morgan fingerprint density at radius 3 is 2.36 bits per heavy atom. The molecule has 0 unspecified atom stereocenters. The zero-order valence-electron chi connectivity index (χ0n) is 25.3. The number of nitrogens with one attached hydrogen (secondary N) is 2. The van der Waals surface area contributed by atoms with Gasteiger partial charge in [-0.15, -0.1) is 0 Å². The van der Waals surface area contributed by atoms with E-state index in [1.165, 1.54) is 3.97 Å². The van der Waals surface area contributed by atoms with E-state index in [4.69, 9.17) is 4.98 Å². The number of carbonyl (C=O) groups is 2. The number of nitrogens with zero attached hydrogens (tertiary/aromatic N) is 5. The number of hydrazone groups is 1. The van der Waals surface area contributed by atoms with Crippen LogP contribution in [0.4, 0.5) is 10.5 Å². The predicted molar refractivity (Wildman–Crippen MR) is 166 cm³/mol. The molecule has 44 heavy (non-hydrogen) atoms. The molecule has 4 rings (SSSR count). The average Bonchev–Trinajstić information content (AvgIpc) is 3.36. The van der Waals surface area contributed by atoms with Crippen LogP contribution in [0.2, 0.25) is 0 Å². The fourth-order valence-electron chi connectivity index (χ4n) is 4.62. The van der Waals surface area contributed by atoms with Gasteiger partial charge >= 0.3 is 6.09 Å². The van der Waals surface area contributed by atoms with Crippen LogP contribution in [0.3, 0.4) is 0 Å². The SMILES string of the molecule is CCOC(=O)NC(=O)C(C#N)=NNc1cc(C)c(Cc2cnc3c(n2)c(C(C)C)cn3S(=O)(=O)c2ccc(C)cc2)c(C)c1. The Balaban J connectivity index is 1.62. The number of imide groups is 1. The number of hydrogen-bond acceptors (Lipinski definition) is 10. The number of anilines is 1. The van der Waals surface area contributed by atoms with E-state index >= 15 is 0 Å². The zero-order chi connectivity index (χ0) is 32.2. The highest BCUT2D eigenvalue weighted by atomic mass is 32.2. The largest absolute Gasteiger partial charge is 0.450 e. The molecule has 0 saturated heterocycles. The van der Waals surface area contributed by atoms with Crippen molar-refractivity contribution < 1.29 is 22.7 Å². The van der Waals surface area contributed by atoms with Crippen LogP contribution in [0.1, 0.15) is 60.2 Å². The molecule has 4 aromatic rings. The van der Waals surface area contributed by atoms with E-state index < -0.39 is 27.7 Å². The molecule has 2 N–H and O–H groups in total. The zero-order valence-corrected chi connectivity index (χ0v) is 26.1. The van der Waals surface area contributed by atoms with Gasteiger partial charge in [0.1, 0.15) is 11.6 Å². The fraction of sp³-hybridized carbons (Fsp3) is 0.290. The lowest BCUT2D eigenvalue weighted by Gasteiger charge is -2.13. The Hall–Kier alpha value is -5.09. The summed E-state index contributed by atoms with van der Waals surface area (Å²) in [5.41, 5.74) is 8.64. The molecule has 0 atom stereocenters. The quantitative estimate of drug-likeness (QED) is 0.197. The lowest BCUT2D eigenvalue weighted by atomic mass is 9.97. The number of hydrogen-bond donors (Lipinski definition) is 2. The van der Waals surface area contributed by atoms with Crippen molar-refractivity contribution in [1.29, 1.82) is 5.26 Å². The molecule has 0 saturated carbocycles. The summed E-state index contributed by atoms with van der Waals surface area (Å²) in [6.07, 6.45) is 2.66. The summed E-state index contributed by atoms with van der Waals surface area (Å²) in [6, 6.07) is 12.0. The van der Waals surface area contributed by atoms with Crippen molar-refractivity contribution in [2.24, 2.45) is 5.10 Å². The van der Waals surface area contributed by atoms with Gasteiger partial charge < -0.3 is 4.74 Å². The minimum Gasteiger partial charge on any atom is -0.450 e. The molecule has 2 heterocycles. The second kappa shape index (κ2) is 13.0.